The number of amides is 2. The van der Waals surface area contributed by atoms with Gasteiger partial charge in [-0.3, -0.25) is 9.59 Å². The van der Waals surface area contributed by atoms with E-state index < -0.39 is 12.0 Å². The van der Waals surface area contributed by atoms with Crippen LogP contribution in [0.2, 0.25) is 0 Å². The maximum absolute atomic E-state index is 13.6. The maximum atomic E-state index is 13.6. The molecule has 10 nitrogen and oxygen atoms in total. The number of hydrogen-bond donors (Lipinski definition) is 2. The molecule has 1 saturated heterocycles. The van der Waals surface area contributed by atoms with Gasteiger partial charge in [-0.1, -0.05) is 6.42 Å². The number of nitrogens with zero attached hydrogens (tertiary/aromatic N) is 5. The monoisotopic (exact) mass is 559 g/mol. The van der Waals surface area contributed by atoms with Crippen LogP contribution in [0, 0.1) is 11.3 Å². The highest BCUT2D eigenvalue weighted by atomic mass is 32.1. The third-order valence-electron chi connectivity index (χ3n) is 7.97. The van der Waals surface area contributed by atoms with Crippen LogP contribution >= 0.6 is 11.3 Å². The Balaban J connectivity index is 1.20. The van der Waals surface area contributed by atoms with Crippen LogP contribution in [0.15, 0.2) is 23.8 Å². The molecule has 0 unspecified atom stereocenters. The van der Waals surface area contributed by atoms with Gasteiger partial charge in [0.25, 0.3) is 5.91 Å². The largest absolute Gasteiger partial charge is 0.369 e. The topological polar surface area (TPSA) is 114 Å². The highest BCUT2D eigenvalue weighted by Gasteiger charge is 2.38. The van der Waals surface area contributed by atoms with Crippen molar-refractivity contribution in [2.75, 3.05) is 31.6 Å². The lowest BCUT2D eigenvalue weighted by molar-refractivity contribution is -0.160. The molecule has 13 heteroatoms. The van der Waals surface area contributed by atoms with Crippen LogP contribution in [0.5, 0.6) is 0 Å². The summed E-state index contributed by atoms with van der Waals surface area (Å²) in [6.07, 6.45) is 9.35. The first-order valence-corrected chi connectivity index (χ1v) is 14.3. The number of hydrogen-bond acceptors (Lipinski definition) is 8. The zero-order valence-corrected chi connectivity index (χ0v) is 22.3. The van der Waals surface area contributed by atoms with Crippen LogP contribution in [0.25, 0.3) is 16.2 Å². The standard InChI is InChI=1S/C26H31F2N7O3S/c27-25(28)38-15-26(6-1-7-26)14-29-20-12-19(32-21(33-20)18-13-30-35-10-11-39-24(18)35)23(37)34-8-4-17(5-9-34)31-22(36)16-2-3-16/h10-13,16-17,25H,1-9,14-15H2,(H,31,36)(H,29,32,33). The van der Waals surface area contributed by atoms with E-state index in [0.717, 1.165) is 36.9 Å². The normalized spacial score (nSPS) is 19.3. The molecule has 4 heterocycles. The molecule has 2 aliphatic carbocycles. The van der Waals surface area contributed by atoms with Gasteiger partial charge in [-0.25, -0.2) is 14.5 Å². The van der Waals surface area contributed by atoms with Crippen molar-refractivity contribution in [3.8, 4) is 11.4 Å². The minimum Gasteiger partial charge on any atom is -0.369 e. The van der Waals surface area contributed by atoms with Gasteiger partial charge in [0.15, 0.2) is 5.82 Å². The molecular weight excluding hydrogens is 528 g/mol. The van der Waals surface area contributed by atoms with E-state index in [1.54, 1.807) is 21.7 Å². The number of nitrogens with one attached hydrogen (secondary N) is 2. The summed E-state index contributed by atoms with van der Waals surface area (Å²) in [6, 6.07) is 1.71. The van der Waals surface area contributed by atoms with E-state index in [2.05, 4.69) is 30.4 Å². The number of aromatic nitrogens is 4. The lowest BCUT2D eigenvalue weighted by Crippen LogP contribution is -2.47. The van der Waals surface area contributed by atoms with Gasteiger partial charge >= 0.3 is 6.61 Å². The first-order chi connectivity index (χ1) is 18.9. The zero-order chi connectivity index (χ0) is 27.0. The smallest absolute Gasteiger partial charge is 0.345 e. The second kappa shape index (κ2) is 10.8. The molecule has 0 spiro atoms. The Labute approximate surface area is 228 Å². The van der Waals surface area contributed by atoms with Crippen molar-refractivity contribution in [1.82, 2.24) is 29.8 Å². The number of carbonyl (C=O) groups is 2. The average molecular weight is 560 g/mol. The van der Waals surface area contributed by atoms with E-state index >= 15 is 0 Å². The second-order valence-corrected chi connectivity index (χ2v) is 11.7. The maximum Gasteiger partial charge on any atom is 0.345 e. The first kappa shape index (κ1) is 26.1. The fourth-order valence-electron chi connectivity index (χ4n) is 5.27. The predicted octanol–water partition coefficient (Wildman–Crippen LogP) is 3.81. The van der Waals surface area contributed by atoms with Crippen LogP contribution in [-0.2, 0) is 9.53 Å². The van der Waals surface area contributed by atoms with Crippen molar-refractivity contribution in [3.63, 3.8) is 0 Å². The molecule has 208 valence electrons. The summed E-state index contributed by atoms with van der Waals surface area (Å²) in [6.45, 7) is -1.40. The molecule has 0 radical (unpaired) electrons. The zero-order valence-electron chi connectivity index (χ0n) is 21.4. The van der Waals surface area contributed by atoms with Crippen LogP contribution in [0.1, 0.15) is 55.4 Å². The van der Waals surface area contributed by atoms with Gasteiger partial charge in [0.1, 0.15) is 16.3 Å². The molecule has 0 bridgehead atoms. The van der Waals surface area contributed by atoms with Gasteiger partial charge < -0.3 is 20.3 Å². The van der Waals surface area contributed by atoms with Gasteiger partial charge in [0, 0.05) is 54.7 Å². The van der Waals surface area contributed by atoms with Crippen molar-refractivity contribution in [2.45, 2.75) is 57.6 Å². The molecule has 3 aromatic heterocycles. The molecule has 2 saturated carbocycles. The lowest BCUT2D eigenvalue weighted by Gasteiger charge is -2.41. The Kier molecular flexibility index (Phi) is 7.19. The third kappa shape index (κ3) is 5.74. The van der Waals surface area contributed by atoms with Crippen molar-refractivity contribution >= 4 is 33.8 Å². The Morgan fingerprint density at radius 3 is 2.67 bits per heavy atom. The number of halogens is 2. The third-order valence-corrected chi connectivity index (χ3v) is 8.86. The number of ether oxygens (including phenoxy) is 1. The van der Waals surface area contributed by atoms with Crippen LogP contribution in [-0.4, -0.2) is 75.2 Å². The molecule has 0 aromatic carbocycles. The summed E-state index contributed by atoms with van der Waals surface area (Å²) in [5, 5.41) is 12.7. The summed E-state index contributed by atoms with van der Waals surface area (Å²) in [5.41, 5.74) is 0.575. The Morgan fingerprint density at radius 1 is 1.18 bits per heavy atom. The SMILES string of the molecule is O=C(NC1CCN(C(=O)c2cc(NCC3(COC(F)F)CCC3)nc(-c3cnn4ccsc34)n2)CC1)C1CC1. The molecule has 3 aromatic rings. The summed E-state index contributed by atoms with van der Waals surface area (Å²) < 4.78 is 31.8. The highest BCUT2D eigenvalue weighted by Crippen LogP contribution is 2.41. The lowest BCUT2D eigenvalue weighted by atomic mass is 9.69. The van der Waals surface area contributed by atoms with Crippen LogP contribution in [0.4, 0.5) is 14.6 Å². The number of fused-ring (bicyclic) bond motifs is 1. The minimum atomic E-state index is -2.81. The average Bonchev–Trinajstić information content (AvgIpc) is 3.53. The summed E-state index contributed by atoms with van der Waals surface area (Å²) >= 11 is 1.50. The number of thiazole rings is 1. The van der Waals surface area contributed by atoms with E-state index in [0.29, 0.717) is 49.7 Å². The summed E-state index contributed by atoms with van der Waals surface area (Å²) in [4.78, 5) is 37.7. The number of carbonyl (C=O) groups excluding carboxylic acids is 2. The van der Waals surface area contributed by atoms with Crippen molar-refractivity contribution in [2.24, 2.45) is 11.3 Å². The number of likely N-dealkylation sites (tertiary alicyclic amines) is 1. The van der Waals surface area contributed by atoms with E-state index in [1.165, 1.54) is 11.3 Å². The Hall–Kier alpha value is -3.19. The van der Waals surface area contributed by atoms with Gasteiger partial charge in [0.05, 0.1) is 18.4 Å². The second-order valence-electron chi connectivity index (χ2n) is 10.8. The van der Waals surface area contributed by atoms with Crippen molar-refractivity contribution in [1.29, 1.82) is 0 Å². The number of anilines is 1. The van der Waals surface area contributed by atoms with Gasteiger partial charge in [-0.15, -0.1) is 11.3 Å². The number of piperidine rings is 1. The molecule has 39 heavy (non-hydrogen) atoms. The fraction of sp³-hybridized carbons (Fsp3) is 0.577. The van der Waals surface area contributed by atoms with Gasteiger partial charge in [-0.2, -0.15) is 13.9 Å². The van der Waals surface area contributed by atoms with E-state index in [9.17, 15) is 18.4 Å². The Morgan fingerprint density at radius 2 is 1.97 bits per heavy atom. The molecule has 2 amide bonds. The minimum absolute atomic E-state index is 0.0349. The fourth-order valence-corrected chi connectivity index (χ4v) is 6.06. The van der Waals surface area contributed by atoms with Gasteiger partial charge in [0.2, 0.25) is 5.91 Å². The van der Waals surface area contributed by atoms with Crippen molar-refractivity contribution < 1.29 is 23.1 Å². The number of alkyl halides is 2. The molecule has 2 N–H and O–H groups in total. The van der Waals surface area contributed by atoms with E-state index in [1.807, 2.05) is 11.6 Å². The first-order valence-electron chi connectivity index (χ1n) is 13.4. The molecule has 3 aliphatic rings. The molecule has 0 atom stereocenters. The van der Waals surface area contributed by atoms with E-state index in [-0.39, 0.29) is 36.1 Å². The highest BCUT2D eigenvalue weighted by molar-refractivity contribution is 7.16. The molecular formula is C26H31F2N7O3S. The van der Waals surface area contributed by atoms with E-state index in [4.69, 9.17) is 0 Å². The van der Waals surface area contributed by atoms with Gasteiger partial charge in [-0.05, 0) is 38.5 Å². The predicted molar refractivity (Wildman–Crippen MR) is 141 cm³/mol. The molecule has 1 aliphatic heterocycles. The van der Waals surface area contributed by atoms with Crippen LogP contribution in [0.3, 0.4) is 0 Å². The molecule has 3 fully saturated rings. The summed E-state index contributed by atoms with van der Waals surface area (Å²) in [5.74, 6) is 0.908. The quantitative estimate of drug-likeness (QED) is 0.388. The number of rotatable bonds is 10. The Bertz CT molecular complexity index is 1350. The van der Waals surface area contributed by atoms with Crippen LogP contribution < -0.4 is 10.6 Å². The summed E-state index contributed by atoms with van der Waals surface area (Å²) in [7, 11) is 0. The molecule has 6 rings (SSSR count). The van der Waals surface area contributed by atoms with Crippen molar-refractivity contribution in [3.05, 3.63) is 29.5 Å².